The second kappa shape index (κ2) is 8.46. The van der Waals surface area contributed by atoms with Crippen molar-refractivity contribution in [1.82, 2.24) is 14.6 Å². The number of aromatic nitrogens is 1. The molecule has 3 aromatic rings. The van der Waals surface area contributed by atoms with Gasteiger partial charge in [0, 0.05) is 31.9 Å². The number of nitrogens with zero attached hydrogens (tertiary/aromatic N) is 2. The Morgan fingerprint density at radius 3 is 2.60 bits per heavy atom. The van der Waals surface area contributed by atoms with Crippen molar-refractivity contribution >= 4 is 55.5 Å². The first kappa shape index (κ1) is 21.0. The van der Waals surface area contributed by atoms with E-state index >= 15 is 0 Å². The van der Waals surface area contributed by atoms with E-state index in [1.54, 1.807) is 42.3 Å². The molecule has 0 bridgehead atoms. The van der Waals surface area contributed by atoms with E-state index in [-0.39, 0.29) is 12.1 Å². The third kappa shape index (κ3) is 4.27. The van der Waals surface area contributed by atoms with Crippen molar-refractivity contribution in [1.29, 1.82) is 0 Å². The van der Waals surface area contributed by atoms with Crippen molar-refractivity contribution in [3.63, 3.8) is 0 Å². The molecule has 7 nitrogen and oxygen atoms in total. The molecule has 2 N–H and O–H groups in total. The van der Waals surface area contributed by atoms with Gasteiger partial charge in [-0.3, -0.25) is 4.90 Å². The molecule has 0 radical (unpaired) electrons. The van der Waals surface area contributed by atoms with Gasteiger partial charge in [-0.15, -0.1) is 11.3 Å². The first-order chi connectivity index (χ1) is 14.3. The SMILES string of the molecule is CN(C(=O)NC1CCN(S(=O)(=O)c2ccccc2)CC1)c1ccc2[nH]c(=S)sc2c1. The number of rotatable bonds is 4. The molecule has 2 amide bonds. The summed E-state index contributed by atoms with van der Waals surface area (Å²) in [5, 5.41) is 3.02. The summed E-state index contributed by atoms with van der Waals surface area (Å²) in [5.74, 6) is 0. The van der Waals surface area contributed by atoms with Crippen LogP contribution >= 0.6 is 23.6 Å². The van der Waals surface area contributed by atoms with Crippen molar-refractivity contribution < 1.29 is 13.2 Å². The molecule has 0 saturated carbocycles. The number of amides is 2. The molecule has 10 heteroatoms. The Kier molecular flexibility index (Phi) is 5.92. The van der Waals surface area contributed by atoms with Crippen LogP contribution in [0.4, 0.5) is 10.5 Å². The fourth-order valence-corrected chi connectivity index (χ4v) is 6.15. The highest BCUT2D eigenvalue weighted by Crippen LogP contribution is 2.25. The molecule has 1 aliphatic heterocycles. The van der Waals surface area contributed by atoms with Crippen molar-refractivity contribution in [2.75, 3.05) is 25.0 Å². The van der Waals surface area contributed by atoms with Crippen LogP contribution in [0, 0.1) is 3.95 Å². The molecular weight excluding hydrogens is 440 g/mol. The van der Waals surface area contributed by atoms with Crippen molar-refractivity contribution in [3.05, 3.63) is 52.5 Å². The lowest BCUT2D eigenvalue weighted by molar-refractivity contribution is 0.234. The molecule has 0 unspecified atom stereocenters. The van der Waals surface area contributed by atoms with E-state index in [9.17, 15) is 13.2 Å². The van der Waals surface area contributed by atoms with E-state index in [1.807, 2.05) is 18.2 Å². The summed E-state index contributed by atoms with van der Waals surface area (Å²) in [6.07, 6.45) is 1.15. The van der Waals surface area contributed by atoms with Gasteiger partial charge in [-0.05, 0) is 55.4 Å². The Hall–Kier alpha value is -2.27. The van der Waals surface area contributed by atoms with E-state index in [0.29, 0.717) is 34.8 Å². The van der Waals surface area contributed by atoms with Crippen LogP contribution in [0.2, 0.25) is 0 Å². The zero-order valence-corrected chi connectivity index (χ0v) is 18.8. The van der Waals surface area contributed by atoms with Gasteiger partial charge < -0.3 is 10.3 Å². The van der Waals surface area contributed by atoms with Crippen LogP contribution in [0.1, 0.15) is 12.8 Å². The second-order valence-corrected chi connectivity index (χ2v) is 10.9. The number of anilines is 1. The average Bonchev–Trinajstić information content (AvgIpc) is 3.13. The van der Waals surface area contributed by atoms with E-state index in [1.165, 1.54) is 15.6 Å². The van der Waals surface area contributed by atoms with Gasteiger partial charge in [-0.2, -0.15) is 4.31 Å². The number of nitrogens with one attached hydrogen (secondary N) is 2. The predicted molar refractivity (Wildman–Crippen MR) is 122 cm³/mol. The Balaban J connectivity index is 1.37. The number of sulfonamides is 1. The number of carbonyl (C=O) groups excluding carboxylic acids is 1. The van der Waals surface area contributed by atoms with Gasteiger partial charge in [0.1, 0.15) is 0 Å². The quantitative estimate of drug-likeness (QED) is 0.575. The zero-order valence-electron chi connectivity index (χ0n) is 16.4. The summed E-state index contributed by atoms with van der Waals surface area (Å²) < 4.78 is 28.7. The maximum atomic E-state index is 12.7. The lowest BCUT2D eigenvalue weighted by atomic mass is 10.1. The van der Waals surface area contributed by atoms with Crippen molar-refractivity contribution in [3.8, 4) is 0 Å². The molecule has 2 heterocycles. The number of hydrogen-bond acceptors (Lipinski definition) is 5. The maximum absolute atomic E-state index is 12.7. The van der Waals surface area contributed by atoms with Gasteiger partial charge in [0.2, 0.25) is 10.0 Å². The molecule has 30 heavy (non-hydrogen) atoms. The van der Waals surface area contributed by atoms with Crippen molar-refractivity contribution in [2.24, 2.45) is 0 Å². The molecule has 1 aliphatic rings. The van der Waals surface area contributed by atoms with E-state index in [4.69, 9.17) is 12.2 Å². The number of H-pyrrole nitrogens is 1. The highest BCUT2D eigenvalue weighted by Gasteiger charge is 2.30. The highest BCUT2D eigenvalue weighted by molar-refractivity contribution is 7.89. The molecule has 0 aliphatic carbocycles. The fourth-order valence-electron chi connectivity index (χ4n) is 3.51. The van der Waals surface area contributed by atoms with E-state index in [2.05, 4.69) is 10.3 Å². The molecule has 0 atom stereocenters. The van der Waals surface area contributed by atoms with Gasteiger partial charge in [-0.25, -0.2) is 13.2 Å². The van der Waals surface area contributed by atoms with Crippen LogP contribution in [-0.2, 0) is 10.0 Å². The van der Waals surface area contributed by atoms with Gasteiger partial charge in [0.05, 0.1) is 15.1 Å². The van der Waals surface area contributed by atoms with Crippen LogP contribution in [0.15, 0.2) is 53.4 Å². The van der Waals surface area contributed by atoms with Crippen LogP contribution < -0.4 is 10.2 Å². The number of fused-ring (bicyclic) bond motifs is 1. The van der Waals surface area contributed by atoms with Crippen LogP contribution in [0.5, 0.6) is 0 Å². The fraction of sp³-hybridized carbons (Fsp3) is 0.300. The number of hydrogen-bond donors (Lipinski definition) is 2. The average molecular weight is 463 g/mol. The van der Waals surface area contributed by atoms with Gasteiger partial charge in [-0.1, -0.05) is 18.2 Å². The predicted octanol–water partition coefficient (Wildman–Crippen LogP) is 3.96. The van der Waals surface area contributed by atoms with Gasteiger partial charge in [0.25, 0.3) is 0 Å². The highest BCUT2D eigenvalue weighted by atomic mass is 32.2. The van der Waals surface area contributed by atoms with Crippen LogP contribution in [0.25, 0.3) is 10.2 Å². The molecule has 0 spiro atoms. The molecule has 4 rings (SSSR count). The summed E-state index contributed by atoms with van der Waals surface area (Å²) in [6.45, 7) is 0.759. The third-order valence-electron chi connectivity index (χ3n) is 5.26. The maximum Gasteiger partial charge on any atom is 0.321 e. The Morgan fingerprint density at radius 2 is 1.90 bits per heavy atom. The molecule has 1 fully saturated rings. The Morgan fingerprint density at radius 1 is 1.20 bits per heavy atom. The summed E-state index contributed by atoms with van der Waals surface area (Å²) in [5.41, 5.74) is 1.73. The largest absolute Gasteiger partial charge is 0.337 e. The number of urea groups is 1. The summed E-state index contributed by atoms with van der Waals surface area (Å²) in [4.78, 5) is 17.7. The molecular formula is C20H22N4O3S3. The monoisotopic (exact) mass is 462 g/mol. The summed E-state index contributed by atoms with van der Waals surface area (Å²) in [7, 11) is -1.77. The zero-order chi connectivity index (χ0) is 21.3. The number of thiazole rings is 1. The van der Waals surface area contributed by atoms with Crippen molar-refractivity contribution in [2.45, 2.75) is 23.8 Å². The lowest BCUT2D eigenvalue weighted by Gasteiger charge is -2.32. The number of aromatic amines is 1. The topological polar surface area (TPSA) is 85.5 Å². The summed E-state index contributed by atoms with van der Waals surface area (Å²) in [6, 6.07) is 13.9. The number of piperidine rings is 1. The minimum absolute atomic E-state index is 0.0692. The Bertz CT molecular complexity index is 1210. The number of carbonyl (C=O) groups is 1. The second-order valence-electron chi connectivity index (χ2n) is 7.19. The van der Waals surface area contributed by atoms with Gasteiger partial charge in [0.15, 0.2) is 3.95 Å². The molecule has 158 valence electrons. The van der Waals surface area contributed by atoms with E-state index in [0.717, 1.165) is 15.9 Å². The lowest BCUT2D eigenvalue weighted by Crippen LogP contribution is -2.49. The summed E-state index contributed by atoms with van der Waals surface area (Å²) >= 11 is 6.64. The molecule has 2 aromatic carbocycles. The van der Waals surface area contributed by atoms with Crippen LogP contribution in [0.3, 0.4) is 0 Å². The third-order valence-corrected chi connectivity index (χ3v) is 8.37. The minimum atomic E-state index is -3.49. The number of benzene rings is 2. The first-order valence-corrected chi connectivity index (χ1v) is 12.2. The standard InChI is InChI=1S/C20H22N4O3S3/c1-23(15-7-8-17-18(13-15)29-20(28)22-17)19(25)21-14-9-11-24(12-10-14)30(26,27)16-5-3-2-4-6-16/h2-8,13-14H,9-12H2,1H3,(H,21,25)(H,22,28). The van der Waals surface area contributed by atoms with Gasteiger partial charge >= 0.3 is 6.03 Å². The Labute approximate surface area is 184 Å². The minimum Gasteiger partial charge on any atom is -0.337 e. The smallest absolute Gasteiger partial charge is 0.321 e. The van der Waals surface area contributed by atoms with E-state index < -0.39 is 10.0 Å². The molecule has 1 aromatic heterocycles. The van der Waals surface area contributed by atoms with Crippen LogP contribution in [-0.4, -0.2) is 49.9 Å². The first-order valence-electron chi connectivity index (χ1n) is 9.57. The molecule has 1 saturated heterocycles. The normalized spacial score (nSPS) is 15.9.